The van der Waals surface area contributed by atoms with Gasteiger partial charge in [-0.05, 0) is 36.6 Å². The van der Waals surface area contributed by atoms with E-state index in [4.69, 9.17) is 9.84 Å². The van der Waals surface area contributed by atoms with Gasteiger partial charge >= 0.3 is 5.97 Å². The Kier molecular flexibility index (Phi) is 3.22. The molecule has 1 N–H and O–H groups in total. The third kappa shape index (κ3) is 2.18. The van der Waals surface area contributed by atoms with Gasteiger partial charge in [-0.25, -0.2) is 4.79 Å². The van der Waals surface area contributed by atoms with Crippen molar-refractivity contribution in [2.45, 2.75) is 32.5 Å². The molecule has 1 aromatic rings. The molecule has 0 spiro atoms. The van der Waals surface area contributed by atoms with E-state index in [1.165, 1.54) is 0 Å². The summed E-state index contributed by atoms with van der Waals surface area (Å²) in [6.07, 6.45) is 0.744. The SMILES string of the molecule is CC1OCCC1C(=O)N1Cc2ccc(C(=O)O)cc2C1. The summed E-state index contributed by atoms with van der Waals surface area (Å²) in [7, 11) is 0. The van der Waals surface area contributed by atoms with E-state index in [9.17, 15) is 9.59 Å². The van der Waals surface area contributed by atoms with Crippen molar-refractivity contribution in [3.8, 4) is 0 Å². The average molecular weight is 275 g/mol. The number of carboxylic acid groups (broad SMARTS) is 1. The monoisotopic (exact) mass is 275 g/mol. The number of carbonyl (C=O) groups excluding carboxylic acids is 1. The molecule has 1 amide bonds. The molecule has 2 atom stereocenters. The molecule has 2 heterocycles. The van der Waals surface area contributed by atoms with Crippen molar-refractivity contribution in [1.29, 1.82) is 0 Å². The molecule has 2 aliphatic rings. The largest absolute Gasteiger partial charge is 0.478 e. The number of hydrogen-bond acceptors (Lipinski definition) is 3. The quantitative estimate of drug-likeness (QED) is 0.891. The lowest BCUT2D eigenvalue weighted by Crippen LogP contribution is -2.35. The maximum Gasteiger partial charge on any atom is 0.335 e. The third-order valence-corrected chi connectivity index (χ3v) is 4.18. The zero-order valence-corrected chi connectivity index (χ0v) is 11.3. The fourth-order valence-electron chi connectivity index (χ4n) is 2.97. The first-order valence-corrected chi connectivity index (χ1v) is 6.82. The zero-order valence-electron chi connectivity index (χ0n) is 11.3. The third-order valence-electron chi connectivity index (χ3n) is 4.18. The molecule has 1 saturated heterocycles. The molecule has 20 heavy (non-hydrogen) atoms. The molecule has 106 valence electrons. The Balaban J connectivity index is 1.76. The Hall–Kier alpha value is -1.88. The van der Waals surface area contributed by atoms with Crippen LogP contribution in [0.3, 0.4) is 0 Å². The van der Waals surface area contributed by atoms with E-state index < -0.39 is 5.97 Å². The van der Waals surface area contributed by atoms with Crippen LogP contribution in [0.25, 0.3) is 0 Å². The lowest BCUT2D eigenvalue weighted by Gasteiger charge is -2.21. The fourth-order valence-corrected chi connectivity index (χ4v) is 2.97. The number of ether oxygens (including phenoxy) is 1. The summed E-state index contributed by atoms with van der Waals surface area (Å²) < 4.78 is 5.45. The summed E-state index contributed by atoms with van der Waals surface area (Å²) in [6, 6.07) is 5.07. The molecule has 5 nitrogen and oxygen atoms in total. The fraction of sp³-hybridized carbons (Fsp3) is 0.467. The standard InChI is InChI=1S/C15H17NO4/c1-9-13(4-5-20-9)14(17)16-7-11-3-2-10(15(18)19)6-12(11)8-16/h2-3,6,9,13H,4-5,7-8H2,1H3,(H,18,19). The number of aromatic carboxylic acids is 1. The molecule has 0 aromatic heterocycles. The van der Waals surface area contributed by atoms with Crippen LogP contribution in [-0.2, 0) is 22.6 Å². The van der Waals surface area contributed by atoms with Gasteiger partial charge in [0.1, 0.15) is 0 Å². The van der Waals surface area contributed by atoms with Crippen molar-refractivity contribution in [3.63, 3.8) is 0 Å². The second kappa shape index (κ2) is 4.90. The maximum atomic E-state index is 12.5. The smallest absolute Gasteiger partial charge is 0.335 e. The highest BCUT2D eigenvalue weighted by molar-refractivity contribution is 5.88. The highest BCUT2D eigenvalue weighted by Gasteiger charge is 2.35. The van der Waals surface area contributed by atoms with E-state index in [0.717, 1.165) is 17.5 Å². The summed E-state index contributed by atoms with van der Waals surface area (Å²) in [5.74, 6) is -0.887. The minimum Gasteiger partial charge on any atom is -0.478 e. The topological polar surface area (TPSA) is 66.8 Å². The molecular formula is C15H17NO4. The van der Waals surface area contributed by atoms with Crippen LogP contribution in [0, 0.1) is 5.92 Å². The molecule has 3 rings (SSSR count). The normalized spacial score (nSPS) is 24.8. The highest BCUT2D eigenvalue weighted by Crippen LogP contribution is 2.29. The molecular weight excluding hydrogens is 258 g/mol. The molecule has 2 aliphatic heterocycles. The molecule has 0 bridgehead atoms. The van der Waals surface area contributed by atoms with Crippen LogP contribution in [0.2, 0.25) is 0 Å². The summed E-state index contributed by atoms with van der Waals surface area (Å²) >= 11 is 0. The van der Waals surface area contributed by atoms with E-state index in [0.29, 0.717) is 19.7 Å². The summed E-state index contributed by atoms with van der Waals surface area (Å²) in [5, 5.41) is 9.00. The minimum absolute atomic E-state index is 0.0270. The Bertz CT molecular complexity index is 569. The number of hydrogen-bond donors (Lipinski definition) is 1. The number of fused-ring (bicyclic) bond motifs is 1. The van der Waals surface area contributed by atoms with E-state index in [-0.39, 0.29) is 23.5 Å². The molecule has 5 heteroatoms. The van der Waals surface area contributed by atoms with Crippen LogP contribution in [0.15, 0.2) is 18.2 Å². The van der Waals surface area contributed by atoms with Crippen LogP contribution < -0.4 is 0 Å². The summed E-state index contributed by atoms with van der Waals surface area (Å²) in [6.45, 7) is 3.64. The zero-order chi connectivity index (χ0) is 14.3. The van der Waals surface area contributed by atoms with E-state index in [2.05, 4.69) is 0 Å². The molecule has 1 fully saturated rings. The number of carbonyl (C=O) groups is 2. The lowest BCUT2D eigenvalue weighted by molar-refractivity contribution is -0.137. The van der Waals surface area contributed by atoms with Crippen LogP contribution >= 0.6 is 0 Å². The number of benzene rings is 1. The van der Waals surface area contributed by atoms with E-state index >= 15 is 0 Å². The first kappa shape index (κ1) is 13.1. The first-order valence-electron chi connectivity index (χ1n) is 6.82. The van der Waals surface area contributed by atoms with Crippen molar-refractivity contribution in [2.75, 3.05) is 6.61 Å². The number of rotatable bonds is 2. The summed E-state index contributed by atoms with van der Waals surface area (Å²) in [5.41, 5.74) is 2.25. The molecule has 0 radical (unpaired) electrons. The summed E-state index contributed by atoms with van der Waals surface area (Å²) in [4.78, 5) is 25.2. The Morgan fingerprint density at radius 2 is 2.05 bits per heavy atom. The van der Waals surface area contributed by atoms with Gasteiger partial charge in [0, 0.05) is 19.7 Å². The van der Waals surface area contributed by atoms with Gasteiger partial charge in [-0.3, -0.25) is 4.79 Å². The van der Waals surface area contributed by atoms with Crippen molar-refractivity contribution in [1.82, 2.24) is 4.90 Å². The Morgan fingerprint density at radius 1 is 1.30 bits per heavy atom. The van der Waals surface area contributed by atoms with Gasteiger partial charge in [0.25, 0.3) is 0 Å². The number of nitrogens with zero attached hydrogens (tertiary/aromatic N) is 1. The number of carboxylic acids is 1. The molecule has 1 aromatic carbocycles. The molecule has 2 unspecified atom stereocenters. The Labute approximate surface area is 117 Å². The van der Waals surface area contributed by atoms with Gasteiger partial charge in [-0.1, -0.05) is 6.07 Å². The lowest BCUT2D eigenvalue weighted by atomic mass is 10.0. The number of amides is 1. The predicted octanol–water partition coefficient (Wildman–Crippen LogP) is 1.65. The van der Waals surface area contributed by atoms with Crippen LogP contribution in [0.1, 0.15) is 34.8 Å². The van der Waals surface area contributed by atoms with Gasteiger partial charge in [0.2, 0.25) is 5.91 Å². The van der Waals surface area contributed by atoms with E-state index in [1.54, 1.807) is 23.1 Å². The van der Waals surface area contributed by atoms with E-state index in [1.807, 2.05) is 6.92 Å². The van der Waals surface area contributed by atoms with Crippen molar-refractivity contribution in [3.05, 3.63) is 34.9 Å². The Morgan fingerprint density at radius 3 is 2.70 bits per heavy atom. The maximum absolute atomic E-state index is 12.5. The highest BCUT2D eigenvalue weighted by atomic mass is 16.5. The van der Waals surface area contributed by atoms with Crippen LogP contribution in [0.4, 0.5) is 0 Å². The van der Waals surface area contributed by atoms with Crippen molar-refractivity contribution in [2.24, 2.45) is 5.92 Å². The molecule has 0 aliphatic carbocycles. The first-order chi connectivity index (χ1) is 9.56. The van der Waals surface area contributed by atoms with Gasteiger partial charge in [0.15, 0.2) is 0 Å². The van der Waals surface area contributed by atoms with Crippen molar-refractivity contribution < 1.29 is 19.4 Å². The van der Waals surface area contributed by atoms with Gasteiger partial charge in [-0.2, -0.15) is 0 Å². The van der Waals surface area contributed by atoms with Gasteiger partial charge in [-0.15, -0.1) is 0 Å². The average Bonchev–Trinajstić information content (AvgIpc) is 3.02. The second-order valence-electron chi connectivity index (χ2n) is 5.45. The minimum atomic E-state index is -0.935. The van der Waals surface area contributed by atoms with Gasteiger partial charge < -0.3 is 14.7 Å². The second-order valence-corrected chi connectivity index (χ2v) is 5.45. The van der Waals surface area contributed by atoms with Crippen molar-refractivity contribution >= 4 is 11.9 Å². The molecule has 0 saturated carbocycles. The van der Waals surface area contributed by atoms with Gasteiger partial charge in [0.05, 0.1) is 17.6 Å². The predicted molar refractivity (Wildman–Crippen MR) is 71.2 cm³/mol. The van der Waals surface area contributed by atoms with Crippen LogP contribution in [0.5, 0.6) is 0 Å². The van der Waals surface area contributed by atoms with Crippen LogP contribution in [-0.4, -0.2) is 34.6 Å².